The van der Waals surface area contributed by atoms with Crippen molar-refractivity contribution in [3.05, 3.63) is 17.0 Å². The van der Waals surface area contributed by atoms with Crippen molar-refractivity contribution in [2.45, 2.75) is 40.0 Å². The Balaban J connectivity index is 2.77. The summed E-state index contributed by atoms with van der Waals surface area (Å²) in [4.78, 5) is 36.9. The predicted molar refractivity (Wildman–Crippen MR) is 81.7 cm³/mol. The molecule has 0 spiro atoms. The van der Waals surface area contributed by atoms with Crippen molar-refractivity contribution in [1.29, 1.82) is 0 Å². The summed E-state index contributed by atoms with van der Waals surface area (Å²) in [6.07, 6.45) is 1.77. The molecule has 1 rings (SSSR count). The van der Waals surface area contributed by atoms with Gasteiger partial charge >= 0.3 is 0 Å². The van der Waals surface area contributed by atoms with Gasteiger partial charge in [0.15, 0.2) is 11.6 Å². The SMILES string of the molecule is CCCN(CCC)c1ccc(C(=O)CC(=O)C(C)=O)s1. The summed E-state index contributed by atoms with van der Waals surface area (Å²) in [7, 11) is 0. The van der Waals surface area contributed by atoms with Crippen molar-refractivity contribution >= 4 is 33.7 Å². The number of Topliss-reactive ketones (excluding diaryl/α,β-unsaturated/α-hetero) is 3. The topological polar surface area (TPSA) is 54.5 Å². The minimum atomic E-state index is -0.621. The normalized spacial score (nSPS) is 10.3. The van der Waals surface area contributed by atoms with E-state index in [0.29, 0.717) is 4.88 Å². The molecule has 0 aliphatic rings. The van der Waals surface area contributed by atoms with Crippen molar-refractivity contribution in [2.24, 2.45) is 0 Å². The molecule has 0 radical (unpaired) electrons. The third-order valence-electron chi connectivity index (χ3n) is 2.88. The number of ketones is 3. The van der Waals surface area contributed by atoms with Crippen LogP contribution in [-0.4, -0.2) is 30.4 Å². The Kier molecular flexibility index (Phi) is 6.58. The zero-order chi connectivity index (χ0) is 15.1. The smallest absolute Gasteiger partial charge is 0.205 e. The molecule has 0 aliphatic heterocycles. The molecule has 0 bridgehead atoms. The number of thiophene rings is 1. The van der Waals surface area contributed by atoms with Gasteiger partial charge in [-0.1, -0.05) is 13.8 Å². The van der Waals surface area contributed by atoms with E-state index in [-0.39, 0.29) is 12.2 Å². The number of anilines is 1. The number of hydrogen-bond donors (Lipinski definition) is 0. The van der Waals surface area contributed by atoms with E-state index in [1.54, 1.807) is 6.07 Å². The molecular formula is C15H21NO3S. The molecule has 5 heteroatoms. The van der Waals surface area contributed by atoms with Crippen LogP contribution < -0.4 is 4.90 Å². The zero-order valence-corrected chi connectivity index (χ0v) is 13.1. The lowest BCUT2D eigenvalue weighted by Gasteiger charge is -2.21. The van der Waals surface area contributed by atoms with E-state index in [4.69, 9.17) is 0 Å². The molecule has 4 nitrogen and oxygen atoms in total. The fourth-order valence-electron chi connectivity index (χ4n) is 1.88. The molecule has 20 heavy (non-hydrogen) atoms. The summed E-state index contributed by atoms with van der Waals surface area (Å²) in [5.74, 6) is -1.45. The maximum atomic E-state index is 11.9. The van der Waals surface area contributed by atoms with Crippen LogP contribution in [0.4, 0.5) is 5.00 Å². The highest BCUT2D eigenvalue weighted by Gasteiger charge is 2.18. The lowest BCUT2D eigenvalue weighted by molar-refractivity contribution is -0.134. The number of rotatable bonds is 9. The number of carbonyl (C=O) groups excluding carboxylic acids is 3. The largest absolute Gasteiger partial charge is 0.363 e. The molecule has 0 atom stereocenters. The van der Waals surface area contributed by atoms with Gasteiger partial charge in [-0.2, -0.15) is 0 Å². The fraction of sp³-hybridized carbons (Fsp3) is 0.533. The summed E-state index contributed by atoms with van der Waals surface area (Å²) in [6, 6.07) is 3.66. The van der Waals surface area contributed by atoms with Crippen LogP contribution in [0.15, 0.2) is 12.1 Å². The Morgan fingerprint density at radius 1 is 1.10 bits per heavy atom. The Morgan fingerprint density at radius 3 is 2.20 bits per heavy atom. The van der Waals surface area contributed by atoms with E-state index < -0.39 is 11.6 Å². The van der Waals surface area contributed by atoms with Crippen LogP contribution in [0, 0.1) is 0 Å². The van der Waals surface area contributed by atoms with Crippen molar-refractivity contribution < 1.29 is 14.4 Å². The van der Waals surface area contributed by atoms with Crippen molar-refractivity contribution in [3.8, 4) is 0 Å². The summed E-state index contributed by atoms with van der Waals surface area (Å²) in [6.45, 7) is 7.34. The van der Waals surface area contributed by atoms with Gasteiger partial charge in [0, 0.05) is 20.0 Å². The Morgan fingerprint density at radius 2 is 1.70 bits per heavy atom. The zero-order valence-electron chi connectivity index (χ0n) is 12.3. The van der Waals surface area contributed by atoms with Gasteiger partial charge < -0.3 is 4.90 Å². The minimum absolute atomic E-state index is 0.269. The van der Waals surface area contributed by atoms with E-state index in [1.807, 2.05) is 6.07 Å². The summed E-state index contributed by atoms with van der Waals surface area (Å²) < 4.78 is 0. The van der Waals surface area contributed by atoms with Gasteiger partial charge in [-0.15, -0.1) is 11.3 Å². The van der Waals surface area contributed by atoms with Crippen molar-refractivity contribution in [2.75, 3.05) is 18.0 Å². The van der Waals surface area contributed by atoms with Gasteiger partial charge in [0.1, 0.15) is 0 Å². The van der Waals surface area contributed by atoms with Crippen molar-refractivity contribution in [3.63, 3.8) is 0 Å². The first kappa shape index (κ1) is 16.6. The quantitative estimate of drug-likeness (QED) is 0.399. The molecule has 0 fully saturated rings. The summed E-state index contributed by atoms with van der Waals surface area (Å²) in [5, 5.41) is 1.05. The third-order valence-corrected chi connectivity index (χ3v) is 4.07. The van der Waals surface area contributed by atoms with Gasteiger partial charge in [0.2, 0.25) is 5.78 Å². The molecule has 0 amide bonds. The fourth-order valence-corrected chi connectivity index (χ4v) is 2.87. The first-order valence-electron chi connectivity index (χ1n) is 6.91. The van der Waals surface area contributed by atoms with Crippen LogP contribution in [-0.2, 0) is 9.59 Å². The summed E-state index contributed by atoms with van der Waals surface area (Å²) >= 11 is 1.40. The molecule has 1 aromatic heterocycles. The molecule has 0 aromatic carbocycles. The molecule has 0 saturated heterocycles. The highest BCUT2D eigenvalue weighted by atomic mass is 32.1. The molecule has 0 N–H and O–H groups in total. The minimum Gasteiger partial charge on any atom is -0.363 e. The number of nitrogens with zero attached hydrogens (tertiary/aromatic N) is 1. The van der Waals surface area contributed by atoms with E-state index in [2.05, 4.69) is 18.7 Å². The van der Waals surface area contributed by atoms with Crippen molar-refractivity contribution in [1.82, 2.24) is 0 Å². The second-order valence-electron chi connectivity index (χ2n) is 4.70. The van der Waals surface area contributed by atoms with Gasteiger partial charge in [-0.3, -0.25) is 14.4 Å². The van der Waals surface area contributed by atoms with E-state index >= 15 is 0 Å². The second kappa shape index (κ2) is 7.94. The average molecular weight is 295 g/mol. The Bertz CT molecular complexity index is 487. The van der Waals surface area contributed by atoms with Gasteiger partial charge in [-0.25, -0.2) is 0 Å². The lowest BCUT2D eigenvalue weighted by atomic mass is 10.1. The first-order valence-corrected chi connectivity index (χ1v) is 7.73. The summed E-state index contributed by atoms with van der Waals surface area (Å²) in [5.41, 5.74) is 0. The molecule has 0 aliphatic carbocycles. The maximum Gasteiger partial charge on any atom is 0.205 e. The van der Waals surface area contributed by atoms with Crippen LogP contribution in [0.25, 0.3) is 0 Å². The molecule has 110 valence electrons. The van der Waals surface area contributed by atoms with Gasteiger partial charge in [0.25, 0.3) is 0 Å². The van der Waals surface area contributed by atoms with Gasteiger partial charge in [0.05, 0.1) is 16.3 Å². The van der Waals surface area contributed by atoms with Gasteiger partial charge in [-0.05, 0) is 25.0 Å². The Hall–Kier alpha value is -1.49. The maximum absolute atomic E-state index is 11.9. The van der Waals surface area contributed by atoms with Crippen LogP contribution >= 0.6 is 11.3 Å². The molecule has 0 unspecified atom stereocenters. The second-order valence-corrected chi connectivity index (χ2v) is 5.77. The molecule has 1 heterocycles. The standard InChI is InChI=1S/C15H21NO3S/c1-4-8-16(9-5-2)15-7-6-14(20-15)13(19)10-12(18)11(3)17/h6-7H,4-5,8-10H2,1-3H3. The van der Waals surface area contributed by atoms with Crippen LogP contribution in [0.3, 0.4) is 0 Å². The predicted octanol–water partition coefficient (Wildman–Crippen LogP) is 3.11. The average Bonchev–Trinajstić information content (AvgIpc) is 2.87. The Labute approximate surface area is 123 Å². The first-order chi connectivity index (χ1) is 9.49. The third kappa shape index (κ3) is 4.56. The lowest BCUT2D eigenvalue weighted by Crippen LogP contribution is -2.23. The highest BCUT2D eigenvalue weighted by molar-refractivity contribution is 7.18. The number of carbonyl (C=O) groups is 3. The van der Waals surface area contributed by atoms with Crippen LogP contribution in [0.1, 0.15) is 49.7 Å². The van der Waals surface area contributed by atoms with Crippen LogP contribution in [0.2, 0.25) is 0 Å². The monoisotopic (exact) mass is 295 g/mol. The van der Waals surface area contributed by atoms with E-state index in [9.17, 15) is 14.4 Å². The molecular weight excluding hydrogens is 274 g/mol. The van der Waals surface area contributed by atoms with E-state index in [1.165, 1.54) is 18.3 Å². The van der Waals surface area contributed by atoms with Crippen LogP contribution in [0.5, 0.6) is 0 Å². The number of hydrogen-bond acceptors (Lipinski definition) is 5. The highest BCUT2D eigenvalue weighted by Crippen LogP contribution is 2.27. The molecule has 1 aromatic rings. The van der Waals surface area contributed by atoms with E-state index in [0.717, 1.165) is 30.9 Å². The molecule has 0 saturated carbocycles.